The Morgan fingerprint density at radius 2 is 2.06 bits per heavy atom. The van der Waals surface area contributed by atoms with E-state index in [-0.39, 0.29) is 11.7 Å². The van der Waals surface area contributed by atoms with Crippen molar-refractivity contribution in [3.63, 3.8) is 0 Å². The lowest BCUT2D eigenvalue weighted by atomic mass is 10.2. The molecule has 1 amide bonds. The Hall–Kier alpha value is -1.94. The predicted molar refractivity (Wildman–Crippen MR) is 71.6 cm³/mol. The number of nitrogens with one attached hydrogen (secondary N) is 1. The summed E-state index contributed by atoms with van der Waals surface area (Å²) in [6, 6.07) is 9.89. The van der Waals surface area contributed by atoms with E-state index in [0.29, 0.717) is 6.54 Å². The van der Waals surface area contributed by atoms with Crippen LogP contribution in [0.4, 0.5) is 4.39 Å². The number of benzene rings is 1. The fourth-order valence-corrected chi connectivity index (χ4v) is 2.04. The Morgan fingerprint density at radius 3 is 2.72 bits per heavy atom. The maximum Gasteiger partial charge on any atom is 0.244 e. The smallest absolute Gasteiger partial charge is 0.244 e. The van der Waals surface area contributed by atoms with Crippen LogP contribution in [-0.4, -0.2) is 5.91 Å². The van der Waals surface area contributed by atoms with E-state index in [9.17, 15) is 9.18 Å². The van der Waals surface area contributed by atoms with Gasteiger partial charge in [0.15, 0.2) is 0 Å². The zero-order valence-corrected chi connectivity index (χ0v) is 10.4. The van der Waals surface area contributed by atoms with Crippen LogP contribution in [0.1, 0.15) is 10.4 Å². The van der Waals surface area contributed by atoms with Gasteiger partial charge in [0, 0.05) is 11.0 Å². The first-order valence-electron chi connectivity index (χ1n) is 5.48. The molecular weight excluding hydrogens is 249 g/mol. The first-order chi connectivity index (χ1) is 8.74. The highest BCUT2D eigenvalue weighted by atomic mass is 32.1. The fourth-order valence-electron chi connectivity index (χ4n) is 1.39. The third kappa shape index (κ3) is 3.82. The SMILES string of the molecule is O=C(C=Cc1ccc(F)cc1)NCc1cccs1. The number of rotatable bonds is 4. The van der Waals surface area contributed by atoms with E-state index in [1.54, 1.807) is 29.5 Å². The van der Waals surface area contributed by atoms with E-state index in [1.165, 1.54) is 18.2 Å². The lowest BCUT2D eigenvalue weighted by molar-refractivity contribution is -0.116. The monoisotopic (exact) mass is 261 g/mol. The molecule has 0 saturated heterocycles. The van der Waals surface area contributed by atoms with Crippen molar-refractivity contribution >= 4 is 23.3 Å². The van der Waals surface area contributed by atoms with Crippen molar-refractivity contribution in [3.8, 4) is 0 Å². The van der Waals surface area contributed by atoms with Gasteiger partial charge >= 0.3 is 0 Å². The number of amides is 1. The molecule has 0 saturated carbocycles. The van der Waals surface area contributed by atoms with Crippen LogP contribution in [0.2, 0.25) is 0 Å². The number of hydrogen-bond donors (Lipinski definition) is 1. The van der Waals surface area contributed by atoms with E-state index in [0.717, 1.165) is 10.4 Å². The van der Waals surface area contributed by atoms with Crippen LogP contribution in [0, 0.1) is 5.82 Å². The van der Waals surface area contributed by atoms with Gasteiger partial charge in [0.1, 0.15) is 5.82 Å². The lowest BCUT2D eigenvalue weighted by Crippen LogP contribution is -2.19. The molecular formula is C14H12FNOS. The van der Waals surface area contributed by atoms with Crippen molar-refractivity contribution in [1.29, 1.82) is 0 Å². The molecule has 0 unspecified atom stereocenters. The molecule has 2 rings (SSSR count). The van der Waals surface area contributed by atoms with E-state index in [2.05, 4.69) is 5.32 Å². The van der Waals surface area contributed by atoms with Crippen LogP contribution in [0.15, 0.2) is 47.9 Å². The molecule has 18 heavy (non-hydrogen) atoms. The molecule has 2 nitrogen and oxygen atoms in total. The molecule has 1 N–H and O–H groups in total. The second-order valence-corrected chi connectivity index (χ2v) is 4.71. The topological polar surface area (TPSA) is 29.1 Å². The summed E-state index contributed by atoms with van der Waals surface area (Å²) in [6.45, 7) is 0.532. The minimum atomic E-state index is -0.283. The van der Waals surface area contributed by atoms with Crippen LogP contribution in [-0.2, 0) is 11.3 Å². The normalized spacial score (nSPS) is 10.7. The van der Waals surface area contributed by atoms with Crippen molar-refractivity contribution in [2.24, 2.45) is 0 Å². The van der Waals surface area contributed by atoms with Crippen LogP contribution in [0.5, 0.6) is 0 Å². The van der Waals surface area contributed by atoms with Gasteiger partial charge < -0.3 is 5.32 Å². The van der Waals surface area contributed by atoms with Gasteiger partial charge in [0.25, 0.3) is 0 Å². The van der Waals surface area contributed by atoms with E-state index < -0.39 is 0 Å². The molecule has 0 aliphatic rings. The van der Waals surface area contributed by atoms with Crippen LogP contribution in [0.25, 0.3) is 6.08 Å². The summed E-state index contributed by atoms with van der Waals surface area (Å²) in [5, 5.41) is 4.75. The Labute approximate surface area is 109 Å². The first-order valence-corrected chi connectivity index (χ1v) is 6.36. The van der Waals surface area contributed by atoms with Gasteiger partial charge in [-0.3, -0.25) is 4.79 Å². The average molecular weight is 261 g/mol. The summed E-state index contributed by atoms with van der Waals surface area (Å²) >= 11 is 1.60. The van der Waals surface area contributed by atoms with Crippen LogP contribution in [0.3, 0.4) is 0 Å². The second-order valence-electron chi connectivity index (χ2n) is 3.68. The number of hydrogen-bond acceptors (Lipinski definition) is 2. The van der Waals surface area contributed by atoms with Crippen molar-refractivity contribution in [2.75, 3.05) is 0 Å². The Balaban J connectivity index is 1.85. The number of thiophene rings is 1. The first kappa shape index (κ1) is 12.5. The number of carbonyl (C=O) groups excluding carboxylic acids is 1. The predicted octanol–water partition coefficient (Wildman–Crippen LogP) is 3.22. The van der Waals surface area contributed by atoms with Gasteiger partial charge in [-0.15, -0.1) is 11.3 Å². The Morgan fingerprint density at radius 1 is 1.28 bits per heavy atom. The molecule has 0 spiro atoms. The second kappa shape index (κ2) is 6.12. The van der Waals surface area contributed by atoms with Crippen LogP contribution < -0.4 is 5.32 Å². The zero-order valence-electron chi connectivity index (χ0n) is 9.60. The van der Waals surface area contributed by atoms with Crippen molar-refractivity contribution in [3.05, 3.63) is 64.1 Å². The highest BCUT2D eigenvalue weighted by Crippen LogP contribution is 2.07. The minimum absolute atomic E-state index is 0.160. The summed E-state index contributed by atoms with van der Waals surface area (Å²) in [7, 11) is 0. The molecule has 4 heteroatoms. The van der Waals surface area contributed by atoms with Gasteiger partial charge in [-0.05, 0) is 35.2 Å². The molecule has 0 atom stereocenters. The molecule has 0 aliphatic heterocycles. The van der Waals surface area contributed by atoms with Gasteiger partial charge in [0.2, 0.25) is 5.91 Å². The molecule has 1 aromatic heterocycles. The molecule has 1 heterocycles. The summed E-state index contributed by atoms with van der Waals surface area (Å²) < 4.78 is 12.7. The summed E-state index contributed by atoms with van der Waals surface area (Å²) in [6.07, 6.45) is 3.10. The third-order valence-corrected chi connectivity index (χ3v) is 3.19. The largest absolute Gasteiger partial charge is 0.348 e. The number of halogens is 1. The van der Waals surface area contributed by atoms with Crippen LogP contribution >= 0.6 is 11.3 Å². The quantitative estimate of drug-likeness (QED) is 0.841. The van der Waals surface area contributed by atoms with Crippen molar-refractivity contribution in [1.82, 2.24) is 5.32 Å². The lowest BCUT2D eigenvalue weighted by Gasteiger charge is -1.98. The molecule has 0 radical (unpaired) electrons. The highest BCUT2D eigenvalue weighted by molar-refractivity contribution is 7.09. The Kier molecular flexibility index (Phi) is 4.25. The van der Waals surface area contributed by atoms with Gasteiger partial charge in [-0.25, -0.2) is 4.39 Å². The standard InChI is InChI=1S/C14H12FNOS/c15-12-6-3-11(4-7-12)5-8-14(17)16-10-13-2-1-9-18-13/h1-9H,10H2,(H,16,17). The maximum absolute atomic E-state index is 12.7. The molecule has 92 valence electrons. The molecule has 0 aliphatic carbocycles. The van der Waals surface area contributed by atoms with Gasteiger partial charge in [-0.1, -0.05) is 18.2 Å². The van der Waals surface area contributed by atoms with Gasteiger partial charge in [0.05, 0.1) is 6.54 Å². The van der Waals surface area contributed by atoms with E-state index >= 15 is 0 Å². The van der Waals surface area contributed by atoms with E-state index in [4.69, 9.17) is 0 Å². The van der Waals surface area contributed by atoms with Gasteiger partial charge in [-0.2, -0.15) is 0 Å². The summed E-state index contributed by atoms with van der Waals surface area (Å²) in [4.78, 5) is 12.6. The third-order valence-electron chi connectivity index (χ3n) is 2.31. The van der Waals surface area contributed by atoms with E-state index in [1.807, 2.05) is 17.5 Å². The Bertz CT molecular complexity index is 531. The summed E-state index contributed by atoms with van der Waals surface area (Å²) in [5.74, 6) is -0.443. The molecule has 1 aromatic carbocycles. The van der Waals surface area contributed by atoms with Crippen molar-refractivity contribution in [2.45, 2.75) is 6.54 Å². The highest BCUT2D eigenvalue weighted by Gasteiger charge is 1.97. The zero-order chi connectivity index (χ0) is 12.8. The fraction of sp³-hybridized carbons (Fsp3) is 0.0714. The summed E-state index contributed by atoms with van der Waals surface area (Å²) in [5.41, 5.74) is 0.794. The molecule has 0 fully saturated rings. The average Bonchev–Trinajstić information content (AvgIpc) is 2.89. The van der Waals surface area contributed by atoms with Crippen molar-refractivity contribution < 1.29 is 9.18 Å². The number of carbonyl (C=O) groups is 1. The molecule has 2 aromatic rings. The minimum Gasteiger partial charge on any atom is -0.348 e. The molecule has 0 bridgehead atoms. The maximum atomic E-state index is 12.7.